The van der Waals surface area contributed by atoms with Gasteiger partial charge in [0.05, 0.1) is 28.7 Å². The zero-order chi connectivity index (χ0) is 27.1. The number of nitrogens with zero attached hydrogens (tertiary/aromatic N) is 1. The topological polar surface area (TPSA) is 157 Å². The van der Waals surface area contributed by atoms with Crippen molar-refractivity contribution in [2.75, 3.05) is 6.56 Å². The van der Waals surface area contributed by atoms with E-state index in [1.54, 1.807) is 0 Å². The molecule has 23 heavy (non-hydrogen) atoms. The van der Waals surface area contributed by atoms with Gasteiger partial charge in [-0.25, -0.2) is 4.79 Å². The molecule has 1 aromatic heterocycles. The van der Waals surface area contributed by atoms with Gasteiger partial charge in [-0.2, -0.15) is 0 Å². The molecule has 2 N–H and O–H groups in total. The zero-order valence-electron chi connectivity index (χ0n) is 24.6. The number of phosphoric ester groups is 1. The number of hydrogen-bond acceptors (Lipinski definition) is 8. The van der Waals surface area contributed by atoms with Crippen molar-refractivity contribution in [3.63, 3.8) is 0 Å². The molecule has 0 bridgehead atoms. The molecule has 2 rings (SSSR count). The normalized spacial score (nSPS) is 45.0. The summed E-state index contributed by atoms with van der Waals surface area (Å²) in [5.74, 6) is 0. The Morgan fingerprint density at radius 2 is 2.52 bits per heavy atom. The summed E-state index contributed by atoms with van der Waals surface area (Å²) in [4.78, 5) is 45.8. The number of hydrogen-bond donors (Lipinski definition) is 2. The number of aromatic amines is 1. The van der Waals surface area contributed by atoms with Gasteiger partial charge >= 0.3 is 43.4 Å². The monoisotopic (exact) mass is 349 g/mol. The number of aromatic nitrogens is 2. The van der Waals surface area contributed by atoms with Gasteiger partial charge in [0.25, 0.3) is 5.56 Å². The van der Waals surface area contributed by atoms with Gasteiger partial charge < -0.3 is 28.7 Å². The Bertz CT molecular complexity index is 1190. The Morgan fingerprint density at radius 1 is 1.83 bits per heavy atom. The molecule has 0 unspecified atom stereocenters. The van der Waals surface area contributed by atoms with E-state index < -0.39 is 78.5 Å². The molecule has 10 nitrogen and oxygen atoms in total. The van der Waals surface area contributed by atoms with Crippen molar-refractivity contribution in [3.8, 4) is 0 Å². The third-order valence-corrected chi connectivity index (χ3v) is 2.22. The molecule has 1 fully saturated rings. The standard InChI is InChI=1S/C10H15N2O8P.2Li/c1-5-3-12(10(15)11-9(5)14)8-2-6(13)7(20-8)4-19-21(16,17)18;;/h3,6-8,13H,2,4H2,1H3,(H,11,14,15)(H2,16,17,18);;/q;2*+1/p-2/t6-,7+,8+;;/m0../s1/i1D3,2D2,3D,4D2,6D,7D,8D,11+1,12+1,13D;;/hD. The van der Waals surface area contributed by atoms with Crippen LogP contribution in [0.15, 0.2) is 15.8 Å². The second kappa shape index (κ2) is 8.84. The fraction of sp³-hybridized carbons (Fsp3) is 0.600. The quantitative estimate of drug-likeness (QED) is 0.392. The van der Waals surface area contributed by atoms with E-state index in [-0.39, 0.29) is 37.7 Å². The summed E-state index contributed by atoms with van der Waals surface area (Å²) in [5, 5.41) is 3.77. The minimum absolute atomic E-state index is 0. The molecule has 0 spiro atoms. The zero-order valence-corrected chi connectivity index (χ0v) is 12.5. The summed E-state index contributed by atoms with van der Waals surface area (Å²) < 4.78 is 119. The number of H-pyrrole nitrogens is 1. The van der Waals surface area contributed by atoms with Crippen molar-refractivity contribution in [1.82, 2.24) is 9.54 Å². The average Bonchev–Trinajstić information content (AvgIpc) is 2.73. The second-order valence-corrected chi connectivity index (χ2v) is 4.43. The summed E-state index contributed by atoms with van der Waals surface area (Å²) >= 11 is 0. The number of phosphoric acid groups is 1. The molecule has 3 atom stereocenters. The Kier molecular flexibility index (Phi) is 3.47. The van der Waals surface area contributed by atoms with Crippen molar-refractivity contribution in [1.29, 1.82) is 1.43 Å². The molecule has 0 saturated carbocycles. The molecule has 0 aliphatic carbocycles. The van der Waals surface area contributed by atoms with E-state index in [9.17, 15) is 23.9 Å². The third kappa shape index (κ3) is 6.04. The molecule has 1 saturated heterocycles. The maximum Gasteiger partial charge on any atom is 1.00 e. The fourth-order valence-electron chi connectivity index (χ4n) is 1.13. The third-order valence-electron chi connectivity index (χ3n) is 1.90. The van der Waals surface area contributed by atoms with Crippen LogP contribution in [0.5, 0.6) is 0 Å². The predicted octanol–water partition coefficient (Wildman–Crippen LogP) is -8.65. The Balaban J connectivity index is 0.00000612. The van der Waals surface area contributed by atoms with Crippen LogP contribution in [0.3, 0.4) is 0 Å². The van der Waals surface area contributed by atoms with E-state index >= 15 is 0 Å². The van der Waals surface area contributed by atoms with Crippen LogP contribution in [-0.2, 0) is 13.8 Å². The largest absolute Gasteiger partial charge is 1.00 e. The number of nitrogens with one attached hydrogen (secondary N) is 1. The SMILES string of the molecule is [2H]O[C@@]1([2H])C([2H])([2H])[C@]([2H])([15n]2c([2H])c(C([2H])([2H])[2H])c(=O)[15n]([2H])c2=O)O[C@]1([2H])C([2H])([2H])OP(=O)([O-])[O-].[Li+].[Li+]. The molecule has 0 radical (unpaired) electrons. The first kappa shape index (κ1) is 9.02. The fourth-order valence-corrected chi connectivity index (χ4v) is 1.32. The van der Waals surface area contributed by atoms with Gasteiger partial charge in [0.2, 0.25) is 1.43 Å². The maximum absolute atomic E-state index is 12.5. The van der Waals surface area contributed by atoms with Crippen LogP contribution in [-0.4, -0.2) is 34.8 Å². The molecular formula is C10H13Li2N2O8P. The molecule has 13 heteroatoms. The summed E-state index contributed by atoms with van der Waals surface area (Å²) in [6.07, 6.45) is -18.6. The summed E-state index contributed by atoms with van der Waals surface area (Å²) in [6, 6.07) is 0. The van der Waals surface area contributed by atoms with Gasteiger partial charge in [0.1, 0.15) is 12.3 Å². The smallest absolute Gasteiger partial charge is 0.790 e. The van der Waals surface area contributed by atoms with E-state index in [1.165, 1.54) is 0 Å². The van der Waals surface area contributed by atoms with Crippen LogP contribution in [0, 0.1) is 6.85 Å². The Morgan fingerprint density at radius 3 is 3.09 bits per heavy atom. The van der Waals surface area contributed by atoms with E-state index in [4.69, 9.17) is 17.9 Å². The number of aliphatic hydroxyl groups is 1. The Labute approximate surface area is 173 Å². The summed E-state index contributed by atoms with van der Waals surface area (Å²) in [6.45, 7) is -7.95. The molecule has 1 aliphatic rings. The summed E-state index contributed by atoms with van der Waals surface area (Å²) in [5.41, 5.74) is -5.66. The van der Waals surface area contributed by atoms with Gasteiger partial charge in [-0.05, 0) is 6.85 Å². The first-order valence-corrected chi connectivity index (χ1v) is 6.28. The van der Waals surface area contributed by atoms with E-state index in [2.05, 4.69) is 14.4 Å². The predicted molar refractivity (Wildman–Crippen MR) is 64.2 cm³/mol. The molecule has 0 aromatic carbocycles. The first-order valence-electron chi connectivity index (χ1n) is 11.2. The van der Waals surface area contributed by atoms with E-state index in [0.29, 0.717) is 0 Å². The van der Waals surface area contributed by atoms with Gasteiger partial charge in [-0.3, -0.25) is 14.3 Å². The van der Waals surface area contributed by atoms with Gasteiger partial charge in [0, 0.05) is 25.0 Å². The molecule has 2 heterocycles. The number of ether oxygens (including phenoxy) is 1. The van der Waals surface area contributed by atoms with Gasteiger partial charge in [-0.15, -0.1) is 0 Å². The van der Waals surface area contributed by atoms with Crippen LogP contribution >= 0.6 is 7.82 Å². The van der Waals surface area contributed by atoms with Crippen LogP contribution in [0.1, 0.15) is 33.2 Å². The minimum atomic E-state index is -6.38. The minimum Gasteiger partial charge on any atom is -0.790 e. The molecular weight excluding hydrogens is 323 g/mol. The maximum atomic E-state index is 12.5. The second-order valence-electron chi connectivity index (χ2n) is 3.35. The van der Waals surface area contributed by atoms with Crippen LogP contribution < -0.4 is 58.8 Å². The molecule has 1 aromatic rings. The van der Waals surface area contributed by atoms with Crippen molar-refractivity contribution in [2.24, 2.45) is 0 Å². The first-order chi connectivity index (χ1) is 14.9. The number of rotatable bonds is 5. The van der Waals surface area contributed by atoms with Crippen LogP contribution in [0.2, 0.25) is 1.41 Å². The van der Waals surface area contributed by atoms with Crippen LogP contribution in [0.25, 0.3) is 0 Å². The van der Waals surface area contributed by atoms with Gasteiger partial charge in [0.15, 0.2) is 1.41 Å². The van der Waals surface area contributed by atoms with E-state index in [0.717, 1.165) is 0 Å². The van der Waals surface area contributed by atoms with Crippen molar-refractivity contribution >= 4 is 7.82 Å². The molecule has 1 aliphatic heterocycles. The van der Waals surface area contributed by atoms with Crippen molar-refractivity contribution < 1.29 is 82.9 Å². The summed E-state index contributed by atoms with van der Waals surface area (Å²) in [7, 11) is -6.38. The van der Waals surface area contributed by atoms with Crippen LogP contribution in [0.4, 0.5) is 0 Å². The van der Waals surface area contributed by atoms with Gasteiger partial charge in [-0.1, -0.05) is 0 Å². The molecule has 118 valence electrons. The Hall–Kier alpha value is -0.0952. The van der Waals surface area contributed by atoms with Crippen molar-refractivity contribution in [2.45, 2.75) is 31.6 Å². The van der Waals surface area contributed by atoms with Crippen molar-refractivity contribution in [3.05, 3.63) is 32.6 Å². The average molecular weight is 349 g/mol. The molecule has 0 amide bonds. The van der Waals surface area contributed by atoms with E-state index in [1.807, 2.05) is 0 Å².